The lowest BCUT2D eigenvalue weighted by Gasteiger charge is -2.21. The highest BCUT2D eigenvalue weighted by Gasteiger charge is 2.05. The van der Waals surface area contributed by atoms with Crippen LogP contribution in [0.5, 0.6) is 0 Å². The van der Waals surface area contributed by atoms with Gasteiger partial charge in [0.05, 0.1) is 0 Å². The van der Waals surface area contributed by atoms with Crippen LogP contribution in [0, 0.1) is 6.92 Å². The minimum atomic E-state index is 0.775. The summed E-state index contributed by atoms with van der Waals surface area (Å²) in [6.45, 7) is 2.92. The van der Waals surface area contributed by atoms with Crippen molar-refractivity contribution in [1.29, 1.82) is 0 Å². The Morgan fingerprint density at radius 1 is 1.11 bits per heavy atom. The number of halogens is 1. The van der Waals surface area contributed by atoms with E-state index < -0.39 is 0 Å². The topological polar surface area (TPSA) is 29.3 Å². The normalized spacial score (nSPS) is 10.4. The third-order valence-corrected chi connectivity index (χ3v) is 3.20. The number of aryl methyl sites for hydroxylation is 1. The van der Waals surface area contributed by atoms with Crippen LogP contribution in [0.3, 0.4) is 0 Å². The second-order valence-corrected chi connectivity index (χ2v) is 4.96. The Kier molecular flexibility index (Phi) is 3.78. The summed E-state index contributed by atoms with van der Waals surface area (Å²) in [7, 11) is 2.08. The van der Waals surface area contributed by atoms with E-state index >= 15 is 0 Å². The number of nitrogens with two attached hydrogens (primary N) is 1. The molecule has 0 saturated carbocycles. The fraction of sp³-hybridized carbons (Fsp3) is 0.200. The Hall–Kier alpha value is -1.67. The summed E-state index contributed by atoms with van der Waals surface area (Å²) < 4.78 is 0. The van der Waals surface area contributed by atoms with Crippen LogP contribution in [0.4, 0.5) is 11.4 Å². The zero-order valence-electron chi connectivity index (χ0n) is 10.7. The van der Waals surface area contributed by atoms with Crippen LogP contribution in [0.25, 0.3) is 0 Å². The van der Waals surface area contributed by atoms with Crippen LogP contribution >= 0.6 is 11.6 Å². The molecule has 18 heavy (non-hydrogen) atoms. The average Bonchev–Trinajstić information content (AvgIpc) is 2.32. The SMILES string of the molecule is Cc1cc(Cl)ccc1N(C)Cc1ccc(N)cc1. The Labute approximate surface area is 113 Å². The zero-order chi connectivity index (χ0) is 13.1. The van der Waals surface area contributed by atoms with Gasteiger partial charge in [0.25, 0.3) is 0 Å². The molecule has 0 radical (unpaired) electrons. The van der Waals surface area contributed by atoms with Crippen molar-refractivity contribution in [2.24, 2.45) is 0 Å². The Balaban J connectivity index is 2.16. The van der Waals surface area contributed by atoms with Crippen molar-refractivity contribution in [2.45, 2.75) is 13.5 Å². The van der Waals surface area contributed by atoms with E-state index in [0.717, 1.165) is 17.3 Å². The molecule has 2 aromatic rings. The maximum atomic E-state index is 5.97. The number of nitrogens with zero attached hydrogens (tertiary/aromatic N) is 1. The molecule has 0 heterocycles. The highest BCUT2D eigenvalue weighted by atomic mass is 35.5. The summed E-state index contributed by atoms with van der Waals surface area (Å²) >= 11 is 5.97. The number of hydrogen-bond donors (Lipinski definition) is 1. The third kappa shape index (κ3) is 2.96. The second-order valence-electron chi connectivity index (χ2n) is 4.53. The van der Waals surface area contributed by atoms with Crippen molar-refractivity contribution in [3.05, 3.63) is 58.6 Å². The standard InChI is InChI=1S/C15H17ClN2/c1-11-9-13(16)5-8-15(11)18(2)10-12-3-6-14(17)7-4-12/h3-9H,10,17H2,1-2H3. The molecule has 0 atom stereocenters. The number of nitrogen functional groups attached to an aromatic ring is 1. The van der Waals surface area contributed by atoms with E-state index in [2.05, 4.69) is 37.1 Å². The van der Waals surface area contributed by atoms with Gasteiger partial charge in [-0.25, -0.2) is 0 Å². The Bertz CT molecular complexity index is 535. The largest absolute Gasteiger partial charge is 0.399 e. The van der Waals surface area contributed by atoms with Crippen LogP contribution in [0.15, 0.2) is 42.5 Å². The summed E-state index contributed by atoms with van der Waals surface area (Å²) in [6.07, 6.45) is 0. The first-order valence-corrected chi connectivity index (χ1v) is 6.26. The van der Waals surface area contributed by atoms with Gasteiger partial charge in [0, 0.05) is 30.0 Å². The lowest BCUT2D eigenvalue weighted by atomic mass is 10.1. The molecule has 94 valence electrons. The molecule has 0 aromatic heterocycles. The number of hydrogen-bond acceptors (Lipinski definition) is 2. The van der Waals surface area contributed by atoms with E-state index in [-0.39, 0.29) is 0 Å². The van der Waals surface area contributed by atoms with Crippen molar-refractivity contribution in [3.8, 4) is 0 Å². The van der Waals surface area contributed by atoms with Crippen LogP contribution in [0.2, 0.25) is 5.02 Å². The van der Waals surface area contributed by atoms with E-state index in [1.807, 2.05) is 24.3 Å². The lowest BCUT2D eigenvalue weighted by molar-refractivity contribution is 0.918. The van der Waals surface area contributed by atoms with Gasteiger partial charge in [-0.1, -0.05) is 23.7 Å². The maximum Gasteiger partial charge on any atom is 0.0426 e. The van der Waals surface area contributed by atoms with E-state index in [0.29, 0.717) is 0 Å². The quantitative estimate of drug-likeness (QED) is 0.849. The average molecular weight is 261 g/mol. The first kappa shape index (κ1) is 12.8. The first-order valence-electron chi connectivity index (χ1n) is 5.88. The molecule has 2 N–H and O–H groups in total. The van der Waals surface area contributed by atoms with Gasteiger partial charge in [0.1, 0.15) is 0 Å². The Morgan fingerprint density at radius 3 is 2.39 bits per heavy atom. The van der Waals surface area contributed by atoms with Crippen molar-refractivity contribution in [1.82, 2.24) is 0 Å². The molecule has 2 rings (SSSR count). The molecule has 0 unspecified atom stereocenters. The van der Waals surface area contributed by atoms with Gasteiger partial charge in [-0.05, 0) is 48.4 Å². The maximum absolute atomic E-state index is 5.97. The number of rotatable bonds is 3. The minimum absolute atomic E-state index is 0.775. The molecule has 2 nitrogen and oxygen atoms in total. The predicted molar refractivity (Wildman–Crippen MR) is 79.2 cm³/mol. The summed E-state index contributed by atoms with van der Waals surface area (Å²) in [6, 6.07) is 13.9. The molecule has 0 spiro atoms. The van der Waals surface area contributed by atoms with Crippen molar-refractivity contribution >= 4 is 23.0 Å². The van der Waals surface area contributed by atoms with Crippen molar-refractivity contribution < 1.29 is 0 Å². The molecule has 0 aliphatic rings. The van der Waals surface area contributed by atoms with Crippen LogP contribution in [-0.2, 0) is 6.54 Å². The van der Waals surface area contributed by atoms with E-state index in [9.17, 15) is 0 Å². The van der Waals surface area contributed by atoms with E-state index in [4.69, 9.17) is 17.3 Å². The first-order chi connectivity index (χ1) is 8.56. The van der Waals surface area contributed by atoms with Crippen LogP contribution in [0.1, 0.15) is 11.1 Å². The fourth-order valence-electron chi connectivity index (χ4n) is 2.03. The molecule has 0 saturated heterocycles. The zero-order valence-corrected chi connectivity index (χ0v) is 11.4. The highest BCUT2D eigenvalue weighted by Crippen LogP contribution is 2.24. The smallest absolute Gasteiger partial charge is 0.0426 e. The number of benzene rings is 2. The molecular formula is C15H17ClN2. The molecule has 2 aromatic carbocycles. The molecule has 3 heteroatoms. The number of anilines is 2. The lowest BCUT2D eigenvalue weighted by Crippen LogP contribution is -2.17. The summed E-state index contributed by atoms with van der Waals surface area (Å²) in [5, 5.41) is 0.775. The molecule has 0 aliphatic carbocycles. The van der Waals surface area contributed by atoms with E-state index in [1.165, 1.54) is 16.8 Å². The summed E-state index contributed by atoms with van der Waals surface area (Å²) in [4.78, 5) is 2.21. The molecule has 0 amide bonds. The molecular weight excluding hydrogens is 244 g/mol. The van der Waals surface area contributed by atoms with Crippen LogP contribution < -0.4 is 10.6 Å². The van der Waals surface area contributed by atoms with Crippen molar-refractivity contribution in [3.63, 3.8) is 0 Å². The minimum Gasteiger partial charge on any atom is -0.399 e. The van der Waals surface area contributed by atoms with Gasteiger partial charge in [-0.3, -0.25) is 0 Å². The van der Waals surface area contributed by atoms with Gasteiger partial charge < -0.3 is 10.6 Å². The van der Waals surface area contributed by atoms with E-state index in [1.54, 1.807) is 0 Å². The van der Waals surface area contributed by atoms with Gasteiger partial charge >= 0.3 is 0 Å². The molecule has 0 bridgehead atoms. The molecule has 0 fully saturated rings. The predicted octanol–water partition coefficient (Wildman–Crippen LogP) is 3.87. The Morgan fingerprint density at radius 2 is 1.78 bits per heavy atom. The monoisotopic (exact) mass is 260 g/mol. The van der Waals surface area contributed by atoms with Gasteiger partial charge in [-0.15, -0.1) is 0 Å². The van der Waals surface area contributed by atoms with Crippen molar-refractivity contribution in [2.75, 3.05) is 17.7 Å². The van der Waals surface area contributed by atoms with Crippen LogP contribution in [-0.4, -0.2) is 7.05 Å². The summed E-state index contributed by atoms with van der Waals surface area (Å²) in [5.74, 6) is 0. The third-order valence-electron chi connectivity index (χ3n) is 2.97. The van der Waals surface area contributed by atoms with Gasteiger partial charge in [0.2, 0.25) is 0 Å². The summed E-state index contributed by atoms with van der Waals surface area (Å²) in [5.41, 5.74) is 10.1. The fourth-order valence-corrected chi connectivity index (χ4v) is 2.26. The highest BCUT2D eigenvalue weighted by molar-refractivity contribution is 6.30. The van der Waals surface area contributed by atoms with Gasteiger partial charge in [-0.2, -0.15) is 0 Å². The molecule has 0 aliphatic heterocycles. The second kappa shape index (κ2) is 5.32. The van der Waals surface area contributed by atoms with Gasteiger partial charge in [0.15, 0.2) is 0 Å².